The molecule has 0 aromatic carbocycles. The fraction of sp³-hybridized carbons (Fsp3) is 0.667. The Kier molecular flexibility index (Phi) is 24.5. The van der Waals surface area contributed by atoms with Gasteiger partial charge >= 0.3 is 0 Å². The molecule has 18 heavy (non-hydrogen) atoms. The molecule has 0 unspecified atom stereocenters. The van der Waals surface area contributed by atoms with Gasteiger partial charge in [-0.05, 0) is 30.9 Å². The van der Waals surface area contributed by atoms with E-state index >= 15 is 0 Å². The monoisotopic (exact) mass is 374 g/mol. The summed E-state index contributed by atoms with van der Waals surface area (Å²) in [5, 5.41) is 0. The normalized spacial score (nSPS) is 10.5. The fourth-order valence-corrected chi connectivity index (χ4v) is 0.634. The van der Waals surface area contributed by atoms with Crippen LogP contribution in [-0.4, -0.2) is 22.5 Å². The van der Waals surface area contributed by atoms with Crippen LogP contribution in [0.2, 0.25) is 0 Å². The topological polar surface area (TPSA) is 0 Å². The van der Waals surface area contributed by atoms with Gasteiger partial charge in [-0.25, -0.2) is 0 Å². The molecular formula is C12H20Cl6. The summed E-state index contributed by atoms with van der Waals surface area (Å²) in [4.78, 5) is -0.398. The smallest absolute Gasteiger partial charge is 0.126 e. The van der Waals surface area contributed by atoms with E-state index in [4.69, 9.17) is 69.6 Å². The second-order valence-corrected chi connectivity index (χ2v) is 5.85. The minimum absolute atomic E-state index is 0.398. The second kappa shape index (κ2) is 18.2. The van der Waals surface area contributed by atoms with Gasteiger partial charge in [-0.3, -0.25) is 0 Å². The zero-order valence-electron chi connectivity index (χ0n) is 10.8. The van der Waals surface area contributed by atoms with Crippen LogP contribution in [0.5, 0.6) is 0 Å². The maximum atomic E-state index is 5.37. The van der Waals surface area contributed by atoms with Crippen LogP contribution in [0.25, 0.3) is 0 Å². The van der Waals surface area contributed by atoms with Crippen LogP contribution in [-0.2, 0) is 0 Å². The third-order valence-corrected chi connectivity index (χ3v) is 3.89. The van der Waals surface area contributed by atoms with Crippen molar-refractivity contribution in [1.82, 2.24) is 0 Å². The molecule has 0 bridgehead atoms. The molecule has 0 atom stereocenters. The van der Waals surface area contributed by atoms with Gasteiger partial charge in [0, 0.05) is 23.2 Å². The minimum Gasteiger partial charge on any atom is -0.126 e. The first kappa shape index (κ1) is 24.3. The summed E-state index contributed by atoms with van der Waals surface area (Å²) in [7, 11) is 0. The Labute approximate surface area is 141 Å². The van der Waals surface area contributed by atoms with E-state index in [1.165, 1.54) is 5.54 Å². The largest absolute Gasteiger partial charge is 0.128 e. The molecule has 6 heteroatoms. The van der Waals surface area contributed by atoms with Crippen molar-refractivity contribution >= 4 is 69.6 Å². The molecule has 0 saturated carbocycles. The van der Waals surface area contributed by atoms with Crippen LogP contribution in [0.3, 0.4) is 0 Å². The Balaban J connectivity index is -0.000000187. The van der Waals surface area contributed by atoms with Crippen molar-refractivity contribution in [3.63, 3.8) is 0 Å². The van der Waals surface area contributed by atoms with E-state index in [2.05, 4.69) is 6.58 Å². The minimum atomic E-state index is -0.398. The standard InChI is InChI=1S/C4H8Cl2.2C4H6Cl2/c2*1-4(2-5)3-6;1-3(2)4(5)6/h4H,2-3H2,1H3;2H,3H2,1H3;4H,1H2,2H3. The first-order valence-electron chi connectivity index (χ1n) is 5.13. The lowest BCUT2D eigenvalue weighted by Gasteiger charge is -1.95. The number of halogens is 6. The van der Waals surface area contributed by atoms with E-state index in [1.807, 2.05) is 13.8 Å². The first-order valence-corrected chi connectivity index (χ1v) is 8.05. The summed E-state index contributed by atoms with van der Waals surface area (Å²) in [5.41, 5.74) is 3.27. The average Bonchev–Trinajstić information content (AvgIpc) is 2.37. The van der Waals surface area contributed by atoms with E-state index in [0.29, 0.717) is 23.6 Å². The third kappa shape index (κ3) is 25.9. The zero-order valence-corrected chi connectivity index (χ0v) is 15.4. The lowest BCUT2D eigenvalue weighted by atomic mass is 10.3. The molecule has 0 saturated heterocycles. The maximum absolute atomic E-state index is 5.37. The first-order chi connectivity index (χ1) is 8.26. The van der Waals surface area contributed by atoms with E-state index in [9.17, 15) is 0 Å². The zero-order chi connectivity index (χ0) is 15.1. The lowest BCUT2D eigenvalue weighted by molar-refractivity contribution is 0.754. The van der Waals surface area contributed by atoms with Crippen LogP contribution in [0.15, 0.2) is 23.3 Å². The van der Waals surface area contributed by atoms with Gasteiger partial charge in [0.1, 0.15) is 4.84 Å². The summed E-state index contributed by atoms with van der Waals surface area (Å²) in [6.45, 7) is 9.16. The van der Waals surface area contributed by atoms with Crippen molar-refractivity contribution in [1.29, 1.82) is 0 Å². The summed E-state index contributed by atoms with van der Waals surface area (Å²) in [5.74, 6) is 2.34. The molecule has 0 aromatic heterocycles. The van der Waals surface area contributed by atoms with Crippen LogP contribution in [0.1, 0.15) is 20.8 Å². The summed E-state index contributed by atoms with van der Waals surface area (Å²) < 4.78 is 0. The maximum Gasteiger partial charge on any atom is 0.128 e. The van der Waals surface area contributed by atoms with Gasteiger partial charge in [0.05, 0.1) is 0 Å². The summed E-state index contributed by atoms with van der Waals surface area (Å²) in [6.07, 6.45) is 0. The highest BCUT2D eigenvalue weighted by molar-refractivity contribution is 6.46. The van der Waals surface area contributed by atoms with Gasteiger partial charge in [-0.2, -0.15) is 0 Å². The molecule has 0 aliphatic carbocycles. The van der Waals surface area contributed by atoms with Crippen molar-refractivity contribution in [3.8, 4) is 0 Å². The predicted octanol–water partition coefficient (Wildman–Crippen LogP) is 6.83. The third-order valence-electron chi connectivity index (χ3n) is 1.30. The van der Waals surface area contributed by atoms with Gasteiger partial charge in [0.2, 0.25) is 0 Å². The molecule has 0 radical (unpaired) electrons. The van der Waals surface area contributed by atoms with Crippen molar-refractivity contribution in [2.24, 2.45) is 5.92 Å². The molecule has 0 N–H and O–H groups in total. The van der Waals surface area contributed by atoms with Gasteiger partial charge in [0.15, 0.2) is 0 Å². The summed E-state index contributed by atoms with van der Waals surface area (Å²) >= 11 is 31.8. The quantitative estimate of drug-likeness (QED) is 0.372. The second-order valence-electron chi connectivity index (χ2n) is 3.65. The number of hydrogen-bond donors (Lipinski definition) is 0. The Morgan fingerprint density at radius 2 is 1.44 bits per heavy atom. The van der Waals surface area contributed by atoms with E-state index in [0.717, 1.165) is 11.1 Å². The molecule has 0 nitrogen and oxygen atoms in total. The van der Waals surface area contributed by atoms with Crippen LogP contribution >= 0.6 is 69.6 Å². The molecule has 0 rings (SSSR count). The number of rotatable bonds is 4. The van der Waals surface area contributed by atoms with Crippen molar-refractivity contribution < 1.29 is 0 Å². The Bertz CT molecular complexity index is 209. The molecule has 0 aromatic rings. The van der Waals surface area contributed by atoms with Crippen molar-refractivity contribution in [2.75, 3.05) is 17.6 Å². The molecule has 0 heterocycles. The van der Waals surface area contributed by atoms with Gasteiger partial charge in [0.25, 0.3) is 0 Å². The Morgan fingerprint density at radius 3 is 1.44 bits per heavy atom. The van der Waals surface area contributed by atoms with Gasteiger partial charge in [-0.1, -0.05) is 25.1 Å². The van der Waals surface area contributed by atoms with E-state index < -0.39 is 4.84 Å². The highest BCUT2D eigenvalue weighted by atomic mass is 35.5. The summed E-state index contributed by atoms with van der Waals surface area (Å²) in [6, 6.07) is 0. The molecule has 0 spiro atoms. The van der Waals surface area contributed by atoms with Gasteiger partial charge < -0.3 is 0 Å². The lowest BCUT2D eigenvalue weighted by Crippen LogP contribution is -1.94. The fourth-order valence-electron chi connectivity index (χ4n) is 0.0704. The highest BCUT2D eigenvalue weighted by Crippen LogP contribution is 2.09. The van der Waals surface area contributed by atoms with Crippen LogP contribution < -0.4 is 0 Å². The molecule has 0 aliphatic rings. The highest BCUT2D eigenvalue weighted by Gasteiger charge is 1.93. The van der Waals surface area contributed by atoms with Crippen molar-refractivity contribution in [2.45, 2.75) is 25.6 Å². The number of allylic oxidation sites excluding steroid dienone is 2. The van der Waals surface area contributed by atoms with Crippen LogP contribution in [0, 0.1) is 5.92 Å². The average molecular weight is 377 g/mol. The number of alkyl halides is 5. The molecule has 0 amide bonds. The SMILES string of the molecule is C=C(C)C(Cl)Cl.CC(=CCl)CCl.CC(CCl)CCl. The van der Waals surface area contributed by atoms with Crippen LogP contribution in [0.4, 0.5) is 0 Å². The van der Waals surface area contributed by atoms with E-state index in [1.54, 1.807) is 6.92 Å². The number of hydrogen-bond acceptors (Lipinski definition) is 0. The molecule has 0 fully saturated rings. The Hall–Kier alpha value is 1.22. The van der Waals surface area contributed by atoms with Gasteiger partial charge in [-0.15, -0.1) is 58.0 Å². The molecule has 110 valence electrons. The van der Waals surface area contributed by atoms with Crippen molar-refractivity contribution in [3.05, 3.63) is 23.3 Å². The Morgan fingerprint density at radius 1 is 1.11 bits per heavy atom. The predicted molar refractivity (Wildman–Crippen MR) is 91.2 cm³/mol. The van der Waals surface area contributed by atoms with E-state index in [-0.39, 0.29) is 0 Å². The molecular weight excluding hydrogens is 357 g/mol. The molecule has 0 aliphatic heterocycles.